The highest BCUT2D eigenvalue weighted by Crippen LogP contribution is 2.25. The second kappa shape index (κ2) is 6.67. The third-order valence-corrected chi connectivity index (χ3v) is 4.52. The van der Waals surface area contributed by atoms with Crippen molar-refractivity contribution in [2.75, 3.05) is 30.5 Å². The van der Waals surface area contributed by atoms with E-state index in [0.29, 0.717) is 0 Å². The average molecular weight is 301 g/mol. The Morgan fingerprint density at radius 1 is 1.33 bits per heavy atom. The molecular weight excluding hydrogens is 278 g/mol. The number of nitrogens with zero attached hydrogens (tertiary/aromatic N) is 2. The van der Waals surface area contributed by atoms with E-state index in [2.05, 4.69) is 53.9 Å². The Kier molecular flexibility index (Phi) is 4.66. The third-order valence-electron chi connectivity index (χ3n) is 3.93. The van der Waals surface area contributed by atoms with Crippen molar-refractivity contribution in [3.05, 3.63) is 35.9 Å². The molecule has 0 aliphatic heterocycles. The number of nitrogens with one attached hydrogen (secondary N) is 1. The predicted octanol–water partition coefficient (Wildman–Crippen LogP) is 3.29. The minimum atomic E-state index is 0.723. The summed E-state index contributed by atoms with van der Waals surface area (Å²) in [5.41, 5.74) is 2.39. The maximum Gasteiger partial charge on any atom is 0.133 e. The maximum atomic E-state index is 4.90. The Bertz CT molecular complexity index is 610. The molecular formula is C17H23N3S. The summed E-state index contributed by atoms with van der Waals surface area (Å²) in [6.07, 6.45) is 4.79. The highest BCUT2D eigenvalue weighted by atomic mass is 32.2. The molecule has 112 valence electrons. The molecule has 0 spiro atoms. The standard InChI is InChI=1S/C17H23N3S/c1-20(9-10-21-2)17-14(12-18-15-7-8-15)11-13-5-3-4-6-16(13)19-17/h3-6,11,15,18H,7-10,12H2,1-2H3. The topological polar surface area (TPSA) is 28.2 Å². The van der Waals surface area contributed by atoms with Crippen LogP contribution in [0.4, 0.5) is 5.82 Å². The first-order chi connectivity index (χ1) is 10.3. The molecule has 21 heavy (non-hydrogen) atoms. The average Bonchev–Trinajstić information content (AvgIpc) is 3.34. The van der Waals surface area contributed by atoms with Gasteiger partial charge in [0.15, 0.2) is 0 Å². The number of fused-ring (bicyclic) bond motifs is 1. The molecule has 1 aromatic heterocycles. The number of hydrogen-bond donors (Lipinski definition) is 1. The van der Waals surface area contributed by atoms with Crippen LogP contribution in [-0.4, -0.2) is 36.6 Å². The van der Waals surface area contributed by atoms with Crippen molar-refractivity contribution >= 4 is 28.5 Å². The van der Waals surface area contributed by atoms with Crippen molar-refractivity contribution < 1.29 is 0 Å². The lowest BCUT2D eigenvalue weighted by molar-refractivity contribution is 0.684. The largest absolute Gasteiger partial charge is 0.359 e. The van der Waals surface area contributed by atoms with Gasteiger partial charge in [-0.15, -0.1) is 0 Å². The first-order valence-corrected chi connectivity index (χ1v) is 8.99. The van der Waals surface area contributed by atoms with Gasteiger partial charge < -0.3 is 10.2 Å². The molecule has 4 heteroatoms. The van der Waals surface area contributed by atoms with Gasteiger partial charge in [0.1, 0.15) is 5.82 Å². The molecule has 0 unspecified atom stereocenters. The summed E-state index contributed by atoms with van der Waals surface area (Å²) in [6.45, 7) is 1.95. The summed E-state index contributed by atoms with van der Waals surface area (Å²) >= 11 is 1.88. The van der Waals surface area contributed by atoms with E-state index in [9.17, 15) is 0 Å². The van der Waals surface area contributed by atoms with Crippen molar-refractivity contribution in [2.24, 2.45) is 0 Å². The maximum absolute atomic E-state index is 4.90. The Morgan fingerprint density at radius 3 is 2.90 bits per heavy atom. The number of hydrogen-bond acceptors (Lipinski definition) is 4. The molecule has 1 aliphatic rings. The molecule has 0 bridgehead atoms. The van der Waals surface area contributed by atoms with Gasteiger partial charge in [0, 0.05) is 42.9 Å². The van der Waals surface area contributed by atoms with Crippen molar-refractivity contribution in [1.82, 2.24) is 10.3 Å². The van der Waals surface area contributed by atoms with E-state index >= 15 is 0 Å². The number of pyridine rings is 1. The Balaban J connectivity index is 1.90. The number of benzene rings is 1. The lowest BCUT2D eigenvalue weighted by atomic mass is 10.1. The van der Waals surface area contributed by atoms with Gasteiger partial charge in [-0.2, -0.15) is 11.8 Å². The van der Waals surface area contributed by atoms with E-state index in [4.69, 9.17) is 4.98 Å². The van der Waals surface area contributed by atoms with Crippen molar-refractivity contribution in [3.63, 3.8) is 0 Å². The number of anilines is 1. The van der Waals surface area contributed by atoms with Crippen LogP contribution in [0.5, 0.6) is 0 Å². The first kappa shape index (κ1) is 14.7. The van der Waals surface area contributed by atoms with Crippen LogP contribution in [0.3, 0.4) is 0 Å². The fourth-order valence-electron chi connectivity index (χ4n) is 2.49. The van der Waals surface area contributed by atoms with Gasteiger partial charge in [0.2, 0.25) is 0 Å². The molecule has 3 nitrogen and oxygen atoms in total. The molecule has 0 radical (unpaired) electrons. The van der Waals surface area contributed by atoms with E-state index in [0.717, 1.165) is 36.2 Å². The van der Waals surface area contributed by atoms with Crippen LogP contribution in [0.25, 0.3) is 10.9 Å². The van der Waals surface area contributed by atoms with Crippen LogP contribution in [-0.2, 0) is 6.54 Å². The summed E-state index contributed by atoms with van der Waals surface area (Å²) in [6, 6.07) is 11.4. The smallest absolute Gasteiger partial charge is 0.133 e. The zero-order chi connectivity index (χ0) is 14.7. The summed E-state index contributed by atoms with van der Waals surface area (Å²) in [5.74, 6) is 2.25. The number of aromatic nitrogens is 1. The van der Waals surface area contributed by atoms with Crippen molar-refractivity contribution in [2.45, 2.75) is 25.4 Å². The predicted molar refractivity (Wildman–Crippen MR) is 93.3 cm³/mol. The molecule has 1 aromatic carbocycles. The van der Waals surface area contributed by atoms with Gasteiger partial charge in [-0.1, -0.05) is 18.2 Å². The van der Waals surface area contributed by atoms with Gasteiger partial charge in [-0.25, -0.2) is 4.98 Å². The van der Waals surface area contributed by atoms with E-state index in [1.54, 1.807) is 0 Å². The molecule has 0 saturated heterocycles. The second-order valence-electron chi connectivity index (χ2n) is 5.73. The molecule has 1 saturated carbocycles. The SMILES string of the molecule is CSCCN(C)c1nc2ccccc2cc1CNC1CC1. The Morgan fingerprint density at radius 2 is 2.14 bits per heavy atom. The minimum absolute atomic E-state index is 0.723. The molecule has 0 amide bonds. The molecule has 0 atom stereocenters. The van der Waals surface area contributed by atoms with Gasteiger partial charge in [-0.3, -0.25) is 0 Å². The lowest BCUT2D eigenvalue weighted by Crippen LogP contribution is -2.25. The van der Waals surface area contributed by atoms with Gasteiger partial charge >= 0.3 is 0 Å². The van der Waals surface area contributed by atoms with Gasteiger partial charge in [-0.05, 0) is 31.2 Å². The number of para-hydroxylation sites is 1. The summed E-state index contributed by atoms with van der Waals surface area (Å²) < 4.78 is 0. The number of thioether (sulfide) groups is 1. The fourth-order valence-corrected chi connectivity index (χ4v) is 2.94. The van der Waals surface area contributed by atoms with Crippen molar-refractivity contribution in [1.29, 1.82) is 0 Å². The Labute approximate surface area is 131 Å². The van der Waals surface area contributed by atoms with Crippen LogP contribution in [0.15, 0.2) is 30.3 Å². The summed E-state index contributed by atoms with van der Waals surface area (Å²) in [5, 5.41) is 4.85. The van der Waals surface area contributed by atoms with Crippen molar-refractivity contribution in [3.8, 4) is 0 Å². The van der Waals surface area contributed by atoms with Crippen LogP contribution in [0, 0.1) is 0 Å². The summed E-state index contributed by atoms with van der Waals surface area (Å²) in [4.78, 5) is 7.19. The Hall–Kier alpha value is -1.26. The monoisotopic (exact) mass is 301 g/mol. The van der Waals surface area contributed by atoms with Gasteiger partial charge in [0.25, 0.3) is 0 Å². The van der Waals surface area contributed by atoms with Crippen LogP contribution in [0.2, 0.25) is 0 Å². The number of rotatable bonds is 7. The van der Waals surface area contributed by atoms with E-state index < -0.39 is 0 Å². The molecule has 2 aromatic rings. The van der Waals surface area contributed by atoms with Gasteiger partial charge in [0.05, 0.1) is 5.52 Å². The second-order valence-corrected chi connectivity index (χ2v) is 6.72. The molecule has 1 heterocycles. The molecule has 1 N–H and O–H groups in total. The highest BCUT2D eigenvalue weighted by molar-refractivity contribution is 7.98. The zero-order valence-electron chi connectivity index (χ0n) is 12.8. The van der Waals surface area contributed by atoms with Crippen LogP contribution in [0.1, 0.15) is 18.4 Å². The van der Waals surface area contributed by atoms with E-state index in [1.165, 1.54) is 23.8 Å². The highest BCUT2D eigenvalue weighted by Gasteiger charge is 2.21. The normalized spacial score (nSPS) is 14.6. The first-order valence-electron chi connectivity index (χ1n) is 7.60. The third kappa shape index (κ3) is 3.69. The van der Waals surface area contributed by atoms with E-state index in [-0.39, 0.29) is 0 Å². The summed E-state index contributed by atoms with van der Waals surface area (Å²) in [7, 11) is 2.15. The minimum Gasteiger partial charge on any atom is -0.359 e. The molecule has 3 rings (SSSR count). The lowest BCUT2D eigenvalue weighted by Gasteiger charge is -2.22. The van der Waals surface area contributed by atoms with Crippen LogP contribution >= 0.6 is 11.8 Å². The quantitative estimate of drug-likeness (QED) is 0.849. The molecule has 1 aliphatic carbocycles. The van der Waals surface area contributed by atoms with E-state index in [1.807, 2.05) is 11.8 Å². The zero-order valence-corrected chi connectivity index (χ0v) is 13.6. The van der Waals surface area contributed by atoms with Crippen LogP contribution < -0.4 is 10.2 Å². The fraction of sp³-hybridized carbons (Fsp3) is 0.471. The molecule has 1 fully saturated rings.